The largest absolute Gasteiger partial charge is 0.444 e. The van der Waals surface area contributed by atoms with Gasteiger partial charge >= 0.3 is 6.09 Å². The van der Waals surface area contributed by atoms with Crippen molar-refractivity contribution in [3.05, 3.63) is 77.9 Å². The predicted octanol–water partition coefficient (Wildman–Crippen LogP) is 4.56. The molecule has 0 spiro atoms. The topological polar surface area (TPSA) is 98.8 Å². The minimum absolute atomic E-state index is 0.0444. The van der Waals surface area contributed by atoms with Crippen molar-refractivity contribution >= 4 is 32.8 Å². The molecular weight excluding hydrogens is 454 g/mol. The van der Waals surface area contributed by atoms with Crippen LogP contribution in [0.1, 0.15) is 31.9 Å². The zero-order valence-electron chi connectivity index (χ0n) is 19.7. The summed E-state index contributed by atoms with van der Waals surface area (Å²) in [5.41, 5.74) is 0.938. The summed E-state index contributed by atoms with van der Waals surface area (Å²) in [7, 11) is -4.13. The standard InChI is InChI=1S/C26H29NO6S/c1-18-9-13-22(14-10-18)34(30,31)32-17-24(28)23(27-25(29)33-26(2,3)4)16-19-11-12-20-7-5-6-8-21(20)15-19/h5-15,23H,16-17H2,1-4H3,(H,27,29)/t23-/m0/s1. The van der Waals surface area contributed by atoms with Crippen molar-refractivity contribution in [1.29, 1.82) is 0 Å². The molecule has 3 aromatic rings. The van der Waals surface area contributed by atoms with Crippen LogP contribution in [-0.2, 0) is 30.3 Å². The molecule has 0 fully saturated rings. The molecule has 34 heavy (non-hydrogen) atoms. The van der Waals surface area contributed by atoms with Crippen LogP contribution in [0.15, 0.2) is 71.6 Å². The van der Waals surface area contributed by atoms with Gasteiger partial charge in [-0.1, -0.05) is 60.2 Å². The molecule has 0 unspecified atom stereocenters. The number of ether oxygens (including phenoxy) is 1. The minimum atomic E-state index is -4.13. The molecule has 180 valence electrons. The van der Waals surface area contributed by atoms with E-state index in [0.717, 1.165) is 21.9 Å². The average Bonchev–Trinajstić information content (AvgIpc) is 2.76. The first-order valence-electron chi connectivity index (χ1n) is 10.9. The summed E-state index contributed by atoms with van der Waals surface area (Å²) in [5.74, 6) is -0.588. The maximum atomic E-state index is 13.0. The van der Waals surface area contributed by atoms with E-state index in [9.17, 15) is 18.0 Å². The summed E-state index contributed by atoms with van der Waals surface area (Å²) in [6.45, 7) is 6.25. The Kier molecular flexibility index (Phi) is 7.74. The van der Waals surface area contributed by atoms with Gasteiger partial charge in [-0.2, -0.15) is 8.42 Å². The van der Waals surface area contributed by atoms with Crippen molar-refractivity contribution in [3.63, 3.8) is 0 Å². The number of carbonyl (C=O) groups excluding carboxylic acids is 2. The van der Waals surface area contributed by atoms with Crippen LogP contribution in [0.5, 0.6) is 0 Å². The van der Waals surface area contributed by atoms with Crippen LogP contribution in [-0.4, -0.2) is 38.5 Å². The predicted molar refractivity (Wildman–Crippen MR) is 130 cm³/mol. The lowest BCUT2D eigenvalue weighted by molar-refractivity contribution is -0.123. The fraction of sp³-hybridized carbons (Fsp3) is 0.308. The van der Waals surface area contributed by atoms with Gasteiger partial charge in [0.05, 0.1) is 10.9 Å². The van der Waals surface area contributed by atoms with E-state index in [1.54, 1.807) is 32.9 Å². The van der Waals surface area contributed by atoms with Gasteiger partial charge in [-0.15, -0.1) is 0 Å². The van der Waals surface area contributed by atoms with Crippen LogP contribution < -0.4 is 5.32 Å². The molecular formula is C26H29NO6S. The molecule has 0 aromatic heterocycles. The first kappa shape index (κ1) is 25.4. The first-order valence-corrected chi connectivity index (χ1v) is 12.3. The van der Waals surface area contributed by atoms with E-state index < -0.39 is 40.2 Å². The Morgan fingerprint density at radius 1 is 0.941 bits per heavy atom. The van der Waals surface area contributed by atoms with Gasteiger partial charge in [0.15, 0.2) is 5.78 Å². The molecule has 8 heteroatoms. The molecule has 0 heterocycles. The quantitative estimate of drug-likeness (QED) is 0.472. The molecule has 0 saturated heterocycles. The van der Waals surface area contributed by atoms with Crippen LogP contribution in [0.4, 0.5) is 4.79 Å². The molecule has 1 atom stereocenters. The Morgan fingerprint density at radius 3 is 2.24 bits per heavy atom. The van der Waals surface area contributed by atoms with Crippen molar-refractivity contribution in [1.82, 2.24) is 5.32 Å². The summed E-state index contributed by atoms with van der Waals surface area (Å²) in [6.07, 6.45) is -0.621. The van der Waals surface area contributed by atoms with Crippen molar-refractivity contribution < 1.29 is 26.9 Å². The van der Waals surface area contributed by atoms with Gasteiger partial charge in [0.1, 0.15) is 12.2 Å². The molecule has 0 bridgehead atoms. The smallest absolute Gasteiger partial charge is 0.408 e. The number of hydrogen-bond donors (Lipinski definition) is 1. The summed E-state index contributed by atoms with van der Waals surface area (Å²) in [6, 6.07) is 18.6. The molecule has 0 radical (unpaired) electrons. The Labute approximate surface area is 200 Å². The second-order valence-corrected chi connectivity index (χ2v) is 10.7. The Bertz CT molecular complexity index is 1280. The summed E-state index contributed by atoms with van der Waals surface area (Å²) in [4.78, 5) is 25.3. The number of hydrogen-bond acceptors (Lipinski definition) is 6. The van der Waals surface area contributed by atoms with Crippen LogP contribution in [0.25, 0.3) is 10.8 Å². The maximum absolute atomic E-state index is 13.0. The van der Waals surface area contributed by atoms with Gasteiger partial charge in [0, 0.05) is 0 Å². The SMILES string of the molecule is Cc1ccc(S(=O)(=O)OCC(=O)[C@H](Cc2ccc3ccccc3c2)NC(=O)OC(C)(C)C)cc1. The van der Waals surface area contributed by atoms with Crippen LogP contribution >= 0.6 is 0 Å². The van der Waals surface area contributed by atoms with E-state index in [1.165, 1.54) is 12.1 Å². The van der Waals surface area contributed by atoms with Gasteiger partial charge in [-0.3, -0.25) is 8.98 Å². The van der Waals surface area contributed by atoms with E-state index in [1.807, 2.05) is 49.4 Å². The third kappa shape index (κ3) is 7.13. The van der Waals surface area contributed by atoms with E-state index in [2.05, 4.69) is 5.32 Å². The lowest BCUT2D eigenvalue weighted by atomic mass is 9.99. The van der Waals surface area contributed by atoms with E-state index in [4.69, 9.17) is 8.92 Å². The van der Waals surface area contributed by atoms with Gasteiger partial charge in [0.2, 0.25) is 0 Å². The summed E-state index contributed by atoms with van der Waals surface area (Å²) >= 11 is 0. The van der Waals surface area contributed by atoms with E-state index in [-0.39, 0.29) is 11.3 Å². The number of Topliss-reactive ketones (excluding diaryl/α,β-unsaturated/α-hetero) is 1. The van der Waals surface area contributed by atoms with Crippen LogP contribution in [0.3, 0.4) is 0 Å². The number of ketones is 1. The van der Waals surface area contributed by atoms with Crippen LogP contribution in [0, 0.1) is 6.92 Å². The van der Waals surface area contributed by atoms with Crippen molar-refractivity contribution in [2.45, 2.75) is 50.7 Å². The Hall–Kier alpha value is -3.23. The van der Waals surface area contributed by atoms with Crippen LogP contribution in [0.2, 0.25) is 0 Å². The number of carbonyl (C=O) groups is 2. The Morgan fingerprint density at radius 2 is 1.59 bits per heavy atom. The first-order chi connectivity index (χ1) is 15.9. The van der Waals surface area contributed by atoms with Crippen molar-refractivity contribution in [2.75, 3.05) is 6.61 Å². The number of benzene rings is 3. The van der Waals surface area contributed by atoms with Gasteiger partial charge in [-0.05, 0) is 62.6 Å². The zero-order chi connectivity index (χ0) is 24.9. The molecule has 1 amide bonds. The molecule has 3 rings (SSSR count). The fourth-order valence-corrected chi connectivity index (χ4v) is 4.18. The lowest BCUT2D eigenvalue weighted by Crippen LogP contribution is -2.46. The number of rotatable bonds is 8. The normalized spacial score (nSPS) is 12.8. The highest BCUT2D eigenvalue weighted by atomic mass is 32.2. The third-order valence-electron chi connectivity index (χ3n) is 5.00. The number of aryl methyl sites for hydroxylation is 1. The number of nitrogens with one attached hydrogen (secondary N) is 1. The fourth-order valence-electron chi connectivity index (χ4n) is 3.31. The maximum Gasteiger partial charge on any atom is 0.408 e. The molecule has 0 aliphatic heterocycles. The monoisotopic (exact) mass is 483 g/mol. The number of alkyl carbamates (subject to hydrolysis) is 1. The van der Waals surface area contributed by atoms with Gasteiger partial charge in [0.25, 0.3) is 10.1 Å². The molecule has 7 nitrogen and oxygen atoms in total. The second kappa shape index (κ2) is 10.4. The Balaban J connectivity index is 1.77. The lowest BCUT2D eigenvalue weighted by Gasteiger charge is -2.23. The van der Waals surface area contributed by atoms with Crippen molar-refractivity contribution in [2.24, 2.45) is 0 Å². The van der Waals surface area contributed by atoms with Crippen molar-refractivity contribution in [3.8, 4) is 0 Å². The van der Waals surface area contributed by atoms with Gasteiger partial charge in [-0.25, -0.2) is 4.79 Å². The summed E-state index contributed by atoms with van der Waals surface area (Å²) in [5, 5.41) is 4.60. The highest BCUT2D eigenvalue weighted by Crippen LogP contribution is 2.18. The summed E-state index contributed by atoms with van der Waals surface area (Å²) < 4.78 is 35.3. The second-order valence-electron chi connectivity index (χ2n) is 9.08. The molecule has 1 N–H and O–H groups in total. The molecule has 0 aliphatic rings. The average molecular weight is 484 g/mol. The van der Waals surface area contributed by atoms with E-state index >= 15 is 0 Å². The zero-order valence-corrected chi connectivity index (χ0v) is 20.5. The third-order valence-corrected chi connectivity index (χ3v) is 6.28. The number of amides is 1. The molecule has 0 aliphatic carbocycles. The molecule has 3 aromatic carbocycles. The van der Waals surface area contributed by atoms with Gasteiger partial charge < -0.3 is 10.1 Å². The van der Waals surface area contributed by atoms with E-state index in [0.29, 0.717) is 0 Å². The number of fused-ring (bicyclic) bond motifs is 1. The highest BCUT2D eigenvalue weighted by Gasteiger charge is 2.27. The minimum Gasteiger partial charge on any atom is -0.444 e. The highest BCUT2D eigenvalue weighted by molar-refractivity contribution is 7.86. The molecule has 0 saturated carbocycles.